The lowest BCUT2D eigenvalue weighted by Gasteiger charge is -2.38. The van der Waals surface area contributed by atoms with Gasteiger partial charge in [0, 0.05) is 56.6 Å². The molecule has 0 aromatic carbocycles. The van der Waals surface area contributed by atoms with Crippen LogP contribution >= 0.6 is 0 Å². The summed E-state index contributed by atoms with van der Waals surface area (Å²) in [6, 6.07) is 4.37. The summed E-state index contributed by atoms with van der Waals surface area (Å²) in [4.78, 5) is 54.3. The summed E-state index contributed by atoms with van der Waals surface area (Å²) < 4.78 is 1.98. The van der Waals surface area contributed by atoms with Gasteiger partial charge in [-0.3, -0.25) is 14.6 Å². The minimum absolute atomic E-state index is 0.0223. The highest BCUT2D eigenvalue weighted by molar-refractivity contribution is 5.87. The van der Waals surface area contributed by atoms with E-state index in [1.165, 1.54) is 6.08 Å². The number of hydrogen-bond donors (Lipinski definition) is 3. The second-order valence-corrected chi connectivity index (χ2v) is 11.4. The molecule has 220 valence electrons. The van der Waals surface area contributed by atoms with Crippen LogP contribution in [0.1, 0.15) is 46.0 Å². The smallest absolute Gasteiger partial charge is 0.246 e. The van der Waals surface area contributed by atoms with Gasteiger partial charge in [0.15, 0.2) is 5.49 Å². The Kier molecular flexibility index (Phi) is 7.77. The van der Waals surface area contributed by atoms with Gasteiger partial charge in [0.1, 0.15) is 23.4 Å². The van der Waals surface area contributed by atoms with E-state index in [9.17, 15) is 9.59 Å². The third-order valence-electron chi connectivity index (χ3n) is 8.66. The van der Waals surface area contributed by atoms with Crippen molar-refractivity contribution >= 4 is 39.7 Å². The summed E-state index contributed by atoms with van der Waals surface area (Å²) in [6.07, 6.45) is 12.4. The van der Waals surface area contributed by atoms with Gasteiger partial charge < -0.3 is 29.7 Å². The molecule has 2 amide bonds. The number of amides is 2. The number of nitrogens with one attached hydrogen (secondary N) is 3. The van der Waals surface area contributed by atoms with Crippen molar-refractivity contribution in [2.45, 2.75) is 76.7 Å². The number of nitrogens with zero attached hydrogens (tertiary/aromatic N) is 7. The summed E-state index contributed by atoms with van der Waals surface area (Å²) in [5.41, 5.74) is 2.33. The van der Waals surface area contributed by atoms with E-state index in [2.05, 4.69) is 50.7 Å². The van der Waals surface area contributed by atoms with Crippen LogP contribution in [0.4, 0.5) is 5.82 Å². The Balaban J connectivity index is 1.13. The highest BCUT2D eigenvalue weighted by Crippen LogP contribution is 2.24. The second kappa shape index (κ2) is 11.8. The van der Waals surface area contributed by atoms with Crippen molar-refractivity contribution in [3.8, 4) is 0 Å². The van der Waals surface area contributed by atoms with Gasteiger partial charge in [-0.2, -0.15) is 0 Å². The lowest BCUT2D eigenvalue weighted by atomic mass is 9.98. The minimum atomic E-state index is -0.0603. The van der Waals surface area contributed by atoms with Crippen LogP contribution in [0, 0.1) is 0 Å². The van der Waals surface area contributed by atoms with Crippen molar-refractivity contribution in [1.82, 2.24) is 39.3 Å². The monoisotopic (exact) mass is 570 g/mol. The first-order valence-electron chi connectivity index (χ1n) is 14.7. The number of likely N-dealkylation sites (tertiary alicyclic amines) is 2. The van der Waals surface area contributed by atoms with Crippen LogP contribution in [0.15, 0.2) is 54.8 Å². The molecule has 3 N–H and O–H groups in total. The molecule has 0 unspecified atom stereocenters. The van der Waals surface area contributed by atoms with Crippen molar-refractivity contribution in [3.63, 3.8) is 0 Å². The first kappa shape index (κ1) is 27.7. The van der Waals surface area contributed by atoms with Crippen LogP contribution in [-0.4, -0.2) is 88.4 Å². The second-order valence-electron chi connectivity index (χ2n) is 11.4. The van der Waals surface area contributed by atoms with Crippen LogP contribution in [-0.2, 0) is 16.1 Å². The SMILES string of the molecule is C=CC(=O)N1C[C@H](N=c2ncn(CCC(=O)N3C[C@H](Nc4ncnc5[nH]ccc45)CC[C@@H]3C)c3[nH]ccc23)CC[C@@H]1C. The zero-order chi connectivity index (χ0) is 29.2. The number of hydrogen-bond acceptors (Lipinski definition) is 7. The quantitative estimate of drug-likeness (QED) is 0.292. The van der Waals surface area contributed by atoms with Gasteiger partial charge in [0.25, 0.3) is 0 Å². The first-order chi connectivity index (χ1) is 20.4. The van der Waals surface area contributed by atoms with Gasteiger partial charge in [-0.25, -0.2) is 15.0 Å². The molecule has 2 fully saturated rings. The van der Waals surface area contributed by atoms with Crippen molar-refractivity contribution in [1.29, 1.82) is 0 Å². The molecule has 0 spiro atoms. The fourth-order valence-electron chi connectivity index (χ4n) is 6.21. The first-order valence-corrected chi connectivity index (χ1v) is 14.7. The number of anilines is 1. The number of carbonyl (C=O) groups is 2. The molecule has 42 heavy (non-hydrogen) atoms. The summed E-state index contributed by atoms with van der Waals surface area (Å²) in [5, 5.41) is 5.39. The number of aryl methyl sites for hydroxylation is 1. The third kappa shape index (κ3) is 5.53. The molecule has 12 nitrogen and oxygen atoms in total. The Hall–Kier alpha value is -4.48. The predicted molar refractivity (Wildman–Crippen MR) is 160 cm³/mol. The van der Waals surface area contributed by atoms with E-state index in [-0.39, 0.29) is 36.0 Å². The topological polar surface area (TPSA) is 140 Å². The normalized spacial score (nSPS) is 23.4. The third-order valence-corrected chi connectivity index (χ3v) is 8.66. The van der Waals surface area contributed by atoms with E-state index in [1.54, 1.807) is 12.7 Å². The maximum atomic E-state index is 13.5. The molecule has 4 atom stereocenters. The van der Waals surface area contributed by atoms with Crippen LogP contribution < -0.4 is 10.8 Å². The Morgan fingerprint density at radius 3 is 2.67 bits per heavy atom. The number of aromatic nitrogens is 6. The maximum absolute atomic E-state index is 13.5. The van der Waals surface area contributed by atoms with Crippen LogP contribution in [0.5, 0.6) is 0 Å². The Bertz CT molecular complexity index is 1670. The van der Waals surface area contributed by atoms with Gasteiger partial charge in [0.2, 0.25) is 11.8 Å². The van der Waals surface area contributed by atoms with Gasteiger partial charge in [-0.05, 0) is 57.7 Å². The van der Waals surface area contributed by atoms with E-state index < -0.39 is 0 Å². The molecule has 4 aromatic heterocycles. The number of fused-ring (bicyclic) bond motifs is 2. The fourth-order valence-corrected chi connectivity index (χ4v) is 6.21. The minimum Gasteiger partial charge on any atom is -0.365 e. The van der Waals surface area contributed by atoms with Crippen LogP contribution in [0.3, 0.4) is 0 Å². The molecule has 0 aliphatic carbocycles. The van der Waals surface area contributed by atoms with Crippen molar-refractivity contribution in [2.24, 2.45) is 4.99 Å². The van der Waals surface area contributed by atoms with Crippen molar-refractivity contribution in [2.75, 3.05) is 18.4 Å². The molecule has 6 heterocycles. The van der Waals surface area contributed by atoms with Crippen LogP contribution in [0.25, 0.3) is 22.1 Å². The Morgan fingerprint density at radius 1 is 1.02 bits per heavy atom. The maximum Gasteiger partial charge on any atom is 0.246 e. The standard InChI is InChI=1S/C30H38N10O2/c1-4-25(41)39-15-21(7-5-19(39)2)37-29-24-10-13-32-30(24)38(18-35-29)14-11-26(42)40-16-22(8-6-20(40)3)36-28-23-9-12-31-27(23)33-17-34-28/h4,9-10,12-13,17-22,32H,1,5-8,11,14-16H2,2-3H3,(H2,31,33,34,36)/t19-,20-,21+,22+/m0/s1. The fraction of sp³-hybridized carbons (Fsp3) is 0.467. The van der Waals surface area contributed by atoms with Gasteiger partial charge >= 0.3 is 0 Å². The zero-order valence-electron chi connectivity index (χ0n) is 24.2. The molecule has 2 aliphatic rings. The lowest BCUT2D eigenvalue weighted by molar-refractivity contribution is -0.135. The average molecular weight is 571 g/mol. The van der Waals surface area contributed by atoms with Crippen molar-refractivity contribution < 1.29 is 9.59 Å². The van der Waals surface area contributed by atoms with E-state index in [4.69, 9.17) is 4.99 Å². The van der Waals surface area contributed by atoms with Gasteiger partial charge in [-0.1, -0.05) is 6.58 Å². The molecule has 0 radical (unpaired) electrons. The molecule has 4 aromatic rings. The molecule has 12 heteroatoms. The summed E-state index contributed by atoms with van der Waals surface area (Å²) in [7, 11) is 0. The molecule has 2 aliphatic heterocycles. The number of carbonyl (C=O) groups excluding carboxylic acids is 2. The molecule has 0 saturated carbocycles. The van der Waals surface area contributed by atoms with Crippen LogP contribution in [0.2, 0.25) is 0 Å². The van der Waals surface area contributed by atoms with Gasteiger partial charge in [0.05, 0.1) is 23.1 Å². The highest BCUT2D eigenvalue weighted by Gasteiger charge is 2.30. The number of rotatable bonds is 7. The predicted octanol–water partition coefficient (Wildman–Crippen LogP) is 2.98. The number of aromatic amines is 2. The largest absolute Gasteiger partial charge is 0.365 e. The Labute approximate surface area is 244 Å². The molecule has 0 bridgehead atoms. The van der Waals surface area contributed by atoms with E-state index in [0.717, 1.165) is 53.6 Å². The van der Waals surface area contributed by atoms with E-state index in [0.29, 0.717) is 31.5 Å². The summed E-state index contributed by atoms with van der Waals surface area (Å²) in [6.45, 7) is 9.50. The van der Waals surface area contributed by atoms with Gasteiger partial charge in [-0.15, -0.1) is 0 Å². The number of piperidine rings is 2. The summed E-state index contributed by atoms with van der Waals surface area (Å²) >= 11 is 0. The zero-order valence-corrected chi connectivity index (χ0v) is 24.2. The van der Waals surface area contributed by atoms with E-state index >= 15 is 0 Å². The lowest BCUT2D eigenvalue weighted by Crippen LogP contribution is -2.50. The Morgan fingerprint density at radius 2 is 1.81 bits per heavy atom. The molecular weight excluding hydrogens is 532 g/mol. The highest BCUT2D eigenvalue weighted by atomic mass is 16.2. The molecule has 2 saturated heterocycles. The average Bonchev–Trinajstić information content (AvgIpc) is 3.69. The number of H-pyrrole nitrogens is 2. The molecular formula is C30H38N10O2. The molecule has 6 rings (SSSR count). The van der Waals surface area contributed by atoms with Crippen molar-refractivity contribution in [3.05, 3.63) is 55.3 Å². The van der Waals surface area contributed by atoms with E-state index in [1.807, 2.05) is 38.9 Å². The summed E-state index contributed by atoms with van der Waals surface area (Å²) in [5.74, 6) is 0.847.